The first-order valence-corrected chi connectivity index (χ1v) is 11.4. The number of thiol groups is 1. The topological polar surface area (TPSA) is 66.4 Å². The quantitative estimate of drug-likeness (QED) is 0.268. The average Bonchev–Trinajstić information content (AvgIpc) is 2.68. The van der Waals surface area contributed by atoms with E-state index in [1.165, 1.54) is 36.0 Å². The van der Waals surface area contributed by atoms with Crippen LogP contribution in [-0.4, -0.2) is 47.6 Å². The number of benzene rings is 2. The van der Waals surface area contributed by atoms with Gasteiger partial charge in [-0.25, -0.2) is 0 Å². The van der Waals surface area contributed by atoms with E-state index in [9.17, 15) is 22.8 Å². The summed E-state index contributed by atoms with van der Waals surface area (Å²) < 4.78 is 40.8. The molecule has 0 atom stereocenters. The minimum absolute atomic E-state index is 0.0252. The Hall–Kier alpha value is -2.00. The van der Waals surface area contributed by atoms with Crippen LogP contribution in [0.5, 0.6) is 0 Å². The number of ketones is 1. The molecule has 1 saturated heterocycles. The highest BCUT2D eigenvalue weighted by atomic mass is 35.5. The van der Waals surface area contributed by atoms with Crippen LogP contribution < -0.4 is 5.32 Å². The third kappa shape index (κ3) is 6.75. The first-order chi connectivity index (χ1) is 15.0. The minimum atomic E-state index is -4.79. The Labute approximate surface area is 197 Å². The van der Waals surface area contributed by atoms with E-state index in [0.717, 1.165) is 30.7 Å². The Morgan fingerprint density at radius 3 is 2.12 bits per heavy atom. The zero-order chi connectivity index (χ0) is 24.1. The molecule has 4 nitrogen and oxygen atoms in total. The van der Waals surface area contributed by atoms with E-state index in [1.807, 2.05) is 0 Å². The Morgan fingerprint density at radius 2 is 1.66 bits per heavy atom. The Kier molecular flexibility index (Phi) is 9.21. The molecule has 0 aliphatic carbocycles. The lowest BCUT2D eigenvalue weighted by molar-refractivity contribution is -0.0689. The summed E-state index contributed by atoms with van der Waals surface area (Å²) in [5.41, 5.74) is -0.526. The largest absolute Gasteiger partial charge is 0.417 e. The fourth-order valence-corrected chi connectivity index (χ4v) is 4.16. The molecule has 172 valence electrons. The van der Waals surface area contributed by atoms with E-state index in [-0.39, 0.29) is 33.1 Å². The maximum absolute atomic E-state index is 13.6. The number of amides is 1. The molecule has 1 aliphatic rings. The summed E-state index contributed by atoms with van der Waals surface area (Å²) in [6.07, 6.45) is -4.27. The van der Waals surface area contributed by atoms with E-state index in [2.05, 4.69) is 5.32 Å². The predicted octanol–water partition coefficient (Wildman–Crippen LogP) is 4.67. The van der Waals surface area contributed by atoms with Crippen molar-refractivity contribution < 1.29 is 27.9 Å². The first kappa shape index (κ1) is 26.3. The van der Waals surface area contributed by atoms with Gasteiger partial charge in [-0.3, -0.25) is 9.59 Å². The van der Waals surface area contributed by atoms with Gasteiger partial charge in [0, 0.05) is 28.3 Å². The molecule has 10 heteroatoms. The van der Waals surface area contributed by atoms with Gasteiger partial charge < -0.3 is 10.4 Å². The van der Waals surface area contributed by atoms with Gasteiger partial charge in [0.05, 0.1) is 5.57 Å². The monoisotopic (exact) mass is 506 g/mol. The Bertz CT molecular complexity index is 1020. The van der Waals surface area contributed by atoms with Crippen molar-refractivity contribution in [3.8, 4) is 0 Å². The molecule has 1 heterocycles. The molecule has 2 aromatic rings. The number of nitrogens with one attached hydrogen (secondary N) is 1. The van der Waals surface area contributed by atoms with Crippen LogP contribution in [-0.2, 0) is 11.8 Å². The van der Waals surface area contributed by atoms with Crippen molar-refractivity contribution in [1.82, 2.24) is 5.32 Å². The van der Waals surface area contributed by atoms with Crippen LogP contribution in [0.15, 0.2) is 42.5 Å². The van der Waals surface area contributed by atoms with Gasteiger partial charge in [-0.15, -0.1) is 0 Å². The van der Waals surface area contributed by atoms with Gasteiger partial charge in [-0.2, -0.15) is 13.2 Å². The number of aryl methyl sites for hydroxylation is 1. The Balaban J connectivity index is 0.00000176. The van der Waals surface area contributed by atoms with E-state index >= 15 is 0 Å². The number of carbonyl (C=O) groups excluding carboxylic acids is 2. The number of hydrogen-bond donors (Lipinski definition) is 2. The maximum atomic E-state index is 13.6. The normalized spacial score (nSPS) is 14.2. The summed E-state index contributed by atoms with van der Waals surface area (Å²) in [4.78, 5) is 24.9. The lowest BCUT2D eigenvalue weighted by atomic mass is 9.98. The van der Waals surface area contributed by atoms with Crippen LogP contribution in [0.2, 0.25) is 10.0 Å². The fourth-order valence-electron chi connectivity index (χ4n) is 2.94. The first-order valence-electron chi connectivity index (χ1n) is 9.34. The van der Waals surface area contributed by atoms with E-state index in [0.29, 0.717) is 17.2 Å². The zero-order valence-corrected chi connectivity index (χ0v) is 19.5. The number of aliphatic hydroxyl groups excluding tert-OH is 1. The van der Waals surface area contributed by atoms with Gasteiger partial charge in [0.1, 0.15) is 17.5 Å². The highest BCUT2D eigenvalue weighted by Crippen LogP contribution is 2.36. The van der Waals surface area contributed by atoms with Crippen molar-refractivity contribution in [3.63, 3.8) is 0 Å². The summed E-state index contributed by atoms with van der Waals surface area (Å²) in [5, 5.41) is 9.94. The summed E-state index contributed by atoms with van der Waals surface area (Å²) in [6.45, 7) is 1.63. The van der Waals surface area contributed by atoms with Crippen LogP contribution in [0.3, 0.4) is 0 Å². The van der Waals surface area contributed by atoms with E-state index in [4.69, 9.17) is 28.3 Å². The molecule has 0 aromatic heterocycles. The number of aliphatic hydroxyl groups is 1. The number of halogens is 5. The average molecular weight is 507 g/mol. The Morgan fingerprint density at radius 1 is 1.06 bits per heavy atom. The molecule has 1 amide bonds. The number of alkyl halides is 3. The summed E-state index contributed by atoms with van der Waals surface area (Å²) in [5.74, 6) is 0.706. The molecule has 0 bridgehead atoms. The van der Waals surface area contributed by atoms with E-state index < -0.39 is 17.5 Å². The standard InChI is InChI=1S/C21H16Cl2F3NO2S.CH4O/c1-11-4-12(2-3-17(11)20(29)27-16-9-30-10-16)19(28)8-18(21(24,25)26)13-5-14(22)7-15(23)6-13;1-2/h2-8,16H,9-10H2,1H3,(H,27,29);2H,1H3/p+1/b18-8+;. The molecule has 1 aliphatic heterocycles. The molecule has 0 saturated carbocycles. The van der Waals surface area contributed by atoms with Crippen LogP contribution in [0.4, 0.5) is 13.2 Å². The van der Waals surface area contributed by atoms with Crippen molar-refractivity contribution >= 4 is 52.2 Å². The van der Waals surface area contributed by atoms with Gasteiger partial charge in [0.15, 0.2) is 5.78 Å². The van der Waals surface area contributed by atoms with Crippen molar-refractivity contribution in [2.45, 2.75) is 19.1 Å². The number of hydrogen-bond acceptors (Lipinski definition) is 3. The summed E-state index contributed by atoms with van der Waals surface area (Å²) in [7, 11) is 1.00. The summed E-state index contributed by atoms with van der Waals surface area (Å²) in [6, 6.07) is 7.84. The molecule has 32 heavy (non-hydrogen) atoms. The van der Waals surface area contributed by atoms with Gasteiger partial charge >= 0.3 is 6.18 Å². The SMILES string of the molecule is CO.Cc1cc(C(=O)/C=C(\c2cc(Cl)cc(Cl)c2)C(F)(F)F)ccc1C(=O)NC1C[SH+]C1. The second kappa shape index (κ2) is 11.2. The van der Waals surface area contributed by atoms with Crippen LogP contribution in [0.1, 0.15) is 31.8 Å². The molecule has 2 N–H and O–H groups in total. The third-order valence-corrected chi connectivity index (χ3v) is 6.38. The van der Waals surface area contributed by atoms with Gasteiger partial charge in [-0.1, -0.05) is 29.3 Å². The van der Waals surface area contributed by atoms with Crippen molar-refractivity contribution in [1.29, 1.82) is 0 Å². The molecule has 2 aromatic carbocycles. The minimum Gasteiger partial charge on any atom is -0.400 e. The molecule has 1 fully saturated rings. The van der Waals surface area contributed by atoms with Gasteiger partial charge in [-0.05, 0) is 66.2 Å². The molecular formula is C22H21Cl2F3NO3S+. The number of allylic oxidation sites excluding steroid dienone is 2. The smallest absolute Gasteiger partial charge is 0.400 e. The third-order valence-electron chi connectivity index (χ3n) is 4.54. The second-order valence-corrected chi connectivity index (χ2v) is 8.92. The lowest BCUT2D eigenvalue weighted by Crippen LogP contribution is -2.48. The molecular weight excluding hydrogens is 486 g/mol. The zero-order valence-electron chi connectivity index (χ0n) is 17.1. The second-order valence-electron chi connectivity index (χ2n) is 6.87. The highest BCUT2D eigenvalue weighted by molar-refractivity contribution is 7.80. The van der Waals surface area contributed by atoms with Crippen molar-refractivity contribution in [2.75, 3.05) is 18.6 Å². The highest BCUT2D eigenvalue weighted by Gasteiger charge is 2.36. The number of carbonyl (C=O) groups is 2. The lowest BCUT2D eigenvalue weighted by Gasteiger charge is -2.19. The molecule has 0 unspecified atom stereocenters. The van der Waals surface area contributed by atoms with Crippen molar-refractivity contribution in [3.05, 3.63) is 74.8 Å². The maximum Gasteiger partial charge on any atom is 0.417 e. The van der Waals surface area contributed by atoms with Crippen LogP contribution in [0.25, 0.3) is 5.57 Å². The summed E-state index contributed by atoms with van der Waals surface area (Å²) >= 11 is 12.9. The van der Waals surface area contributed by atoms with Gasteiger partial charge in [0.2, 0.25) is 0 Å². The number of rotatable bonds is 5. The molecule has 0 spiro atoms. The van der Waals surface area contributed by atoms with Crippen LogP contribution >= 0.6 is 23.2 Å². The van der Waals surface area contributed by atoms with Crippen LogP contribution in [0, 0.1) is 6.92 Å². The van der Waals surface area contributed by atoms with E-state index in [1.54, 1.807) is 6.92 Å². The molecule has 0 radical (unpaired) electrons. The predicted molar refractivity (Wildman–Crippen MR) is 124 cm³/mol. The van der Waals surface area contributed by atoms with Crippen molar-refractivity contribution in [2.24, 2.45) is 0 Å². The molecule has 3 rings (SSSR count). The fraction of sp³-hybridized carbons (Fsp3) is 0.273. The van der Waals surface area contributed by atoms with Gasteiger partial charge in [0.25, 0.3) is 5.91 Å².